The standard InChI is InChI=1S/C12H12N4O3/c1-16-11(12(13)18)9(7-14-16)15-10(17)5-4-8-3-2-6-19-8/h2-7H,1H3,(H2,13,18)(H,15,17)/b5-4+. The van der Waals surface area contributed by atoms with Gasteiger partial charge in [-0.1, -0.05) is 0 Å². The summed E-state index contributed by atoms with van der Waals surface area (Å²) in [4.78, 5) is 22.9. The number of carbonyl (C=O) groups is 2. The molecule has 0 bridgehead atoms. The molecule has 3 N–H and O–H groups in total. The van der Waals surface area contributed by atoms with Crippen LogP contribution in [0.2, 0.25) is 0 Å². The van der Waals surface area contributed by atoms with Crippen molar-refractivity contribution in [2.24, 2.45) is 12.8 Å². The van der Waals surface area contributed by atoms with Gasteiger partial charge >= 0.3 is 0 Å². The molecule has 2 aromatic rings. The van der Waals surface area contributed by atoms with Gasteiger partial charge in [0.05, 0.1) is 18.1 Å². The molecule has 0 aliphatic rings. The summed E-state index contributed by atoms with van der Waals surface area (Å²) in [5, 5.41) is 6.38. The Labute approximate surface area is 108 Å². The van der Waals surface area contributed by atoms with Crippen molar-refractivity contribution in [1.82, 2.24) is 9.78 Å². The van der Waals surface area contributed by atoms with Gasteiger partial charge in [-0.15, -0.1) is 0 Å². The summed E-state index contributed by atoms with van der Waals surface area (Å²) in [5.41, 5.74) is 5.61. The highest BCUT2D eigenvalue weighted by atomic mass is 16.3. The van der Waals surface area contributed by atoms with Crippen molar-refractivity contribution in [3.8, 4) is 0 Å². The number of amides is 2. The molecular weight excluding hydrogens is 248 g/mol. The third kappa shape index (κ3) is 2.89. The lowest BCUT2D eigenvalue weighted by atomic mass is 10.3. The number of furan rings is 1. The zero-order valence-corrected chi connectivity index (χ0v) is 10.2. The largest absolute Gasteiger partial charge is 0.465 e. The van der Waals surface area contributed by atoms with E-state index in [2.05, 4.69) is 10.4 Å². The van der Waals surface area contributed by atoms with E-state index in [-0.39, 0.29) is 11.4 Å². The Kier molecular flexibility index (Phi) is 3.46. The Bertz CT molecular complexity index is 625. The van der Waals surface area contributed by atoms with Crippen molar-refractivity contribution >= 4 is 23.6 Å². The van der Waals surface area contributed by atoms with Crippen LogP contribution in [0.5, 0.6) is 0 Å². The lowest BCUT2D eigenvalue weighted by Crippen LogP contribution is -2.19. The van der Waals surface area contributed by atoms with Crippen molar-refractivity contribution in [2.75, 3.05) is 5.32 Å². The summed E-state index contributed by atoms with van der Waals surface area (Å²) in [6.45, 7) is 0. The highest BCUT2D eigenvalue weighted by molar-refractivity contribution is 6.06. The van der Waals surface area contributed by atoms with E-state index < -0.39 is 11.8 Å². The van der Waals surface area contributed by atoms with E-state index in [1.54, 1.807) is 19.2 Å². The molecule has 0 unspecified atom stereocenters. The Hall–Kier alpha value is -2.83. The van der Waals surface area contributed by atoms with E-state index in [1.165, 1.54) is 29.3 Å². The van der Waals surface area contributed by atoms with Crippen molar-refractivity contribution in [1.29, 1.82) is 0 Å². The molecule has 0 radical (unpaired) electrons. The van der Waals surface area contributed by atoms with E-state index in [4.69, 9.17) is 10.2 Å². The molecule has 0 aromatic carbocycles. The third-order valence-electron chi connectivity index (χ3n) is 2.37. The number of aromatic nitrogens is 2. The molecule has 0 aliphatic carbocycles. The van der Waals surface area contributed by atoms with E-state index in [1.807, 2.05) is 0 Å². The van der Waals surface area contributed by atoms with Crippen molar-refractivity contribution in [3.05, 3.63) is 42.1 Å². The van der Waals surface area contributed by atoms with E-state index in [0.29, 0.717) is 5.76 Å². The van der Waals surface area contributed by atoms with Crippen LogP contribution in [0.4, 0.5) is 5.69 Å². The summed E-state index contributed by atoms with van der Waals surface area (Å²) in [5.74, 6) is -0.520. The summed E-state index contributed by atoms with van der Waals surface area (Å²) in [6.07, 6.45) is 5.66. The van der Waals surface area contributed by atoms with Crippen LogP contribution in [0.3, 0.4) is 0 Å². The first kappa shape index (κ1) is 12.6. The average Bonchev–Trinajstić information content (AvgIpc) is 2.96. The first-order valence-electron chi connectivity index (χ1n) is 5.42. The number of nitrogens with two attached hydrogens (primary N) is 1. The van der Waals surface area contributed by atoms with Crippen LogP contribution in [-0.2, 0) is 11.8 Å². The fourth-order valence-electron chi connectivity index (χ4n) is 1.54. The van der Waals surface area contributed by atoms with E-state index >= 15 is 0 Å². The molecule has 2 amide bonds. The van der Waals surface area contributed by atoms with Crippen molar-refractivity contribution in [2.45, 2.75) is 0 Å². The smallest absolute Gasteiger partial charge is 0.269 e. The average molecular weight is 260 g/mol. The molecule has 2 aromatic heterocycles. The predicted octanol–water partition coefficient (Wildman–Crippen LogP) is 0.764. The molecule has 2 heterocycles. The number of nitrogens with one attached hydrogen (secondary N) is 1. The zero-order valence-electron chi connectivity index (χ0n) is 10.2. The first-order chi connectivity index (χ1) is 9.08. The third-order valence-corrected chi connectivity index (χ3v) is 2.37. The fraction of sp³-hybridized carbons (Fsp3) is 0.0833. The zero-order chi connectivity index (χ0) is 13.8. The topological polar surface area (TPSA) is 103 Å². The number of aryl methyl sites for hydroxylation is 1. The van der Waals surface area contributed by atoms with E-state index in [0.717, 1.165) is 0 Å². The van der Waals surface area contributed by atoms with Gasteiger partial charge in [0, 0.05) is 13.1 Å². The number of hydrogen-bond donors (Lipinski definition) is 2. The molecule has 0 saturated carbocycles. The summed E-state index contributed by atoms with van der Waals surface area (Å²) >= 11 is 0. The van der Waals surface area contributed by atoms with Gasteiger partial charge in [-0.2, -0.15) is 5.10 Å². The molecular formula is C12H12N4O3. The number of anilines is 1. The minimum absolute atomic E-state index is 0.139. The minimum Gasteiger partial charge on any atom is -0.465 e. The van der Waals surface area contributed by atoms with Crippen LogP contribution in [-0.4, -0.2) is 21.6 Å². The molecule has 98 valence electrons. The van der Waals surface area contributed by atoms with Crippen molar-refractivity contribution in [3.63, 3.8) is 0 Å². The predicted molar refractivity (Wildman–Crippen MR) is 68.1 cm³/mol. The number of nitrogens with zero attached hydrogens (tertiary/aromatic N) is 2. The normalized spacial score (nSPS) is 10.8. The molecule has 0 saturated heterocycles. The van der Waals surface area contributed by atoms with Crippen molar-refractivity contribution < 1.29 is 14.0 Å². The van der Waals surface area contributed by atoms with Crippen LogP contribution in [0.1, 0.15) is 16.2 Å². The molecule has 7 heteroatoms. The minimum atomic E-state index is -0.662. The van der Waals surface area contributed by atoms with Gasteiger partial charge in [0.25, 0.3) is 5.91 Å². The summed E-state index contributed by atoms with van der Waals surface area (Å²) in [7, 11) is 1.56. The van der Waals surface area contributed by atoms with Gasteiger partial charge in [0.1, 0.15) is 11.5 Å². The van der Waals surface area contributed by atoms with Gasteiger partial charge in [-0.3, -0.25) is 14.3 Å². The summed E-state index contributed by atoms with van der Waals surface area (Å²) in [6, 6.07) is 3.42. The maximum Gasteiger partial charge on any atom is 0.269 e. The van der Waals surface area contributed by atoms with Gasteiger partial charge in [0.15, 0.2) is 0 Å². The monoisotopic (exact) mass is 260 g/mol. The van der Waals surface area contributed by atoms with Gasteiger partial charge in [0.2, 0.25) is 5.91 Å². The number of hydrogen-bond acceptors (Lipinski definition) is 4. The number of rotatable bonds is 4. The Morgan fingerprint density at radius 1 is 1.53 bits per heavy atom. The first-order valence-corrected chi connectivity index (χ1v) is 5.42. The second-order valence-corrected chi connectivity index (χ2v) is 3.73. The highest BCUT2D eigenvalue weighted by Gasteiger charge is 2.14. The van der Waals surface area contributed by atoms with Gasteiger partial charge in [-0.25, -0.2) is 0 Å². The van der Waals surface area contributed by atoms with Crippen LogP contribution in [0.25, 0.3) is 6.08 Å². The quantitative estimate of drug-likeness (QED) is 0.792. The van der Waals surface area contributed by atoms with Gasteiger partial charge in [-0.05, 0) is 18.2 Å². The second kappa shape index (κ2) is 5.21. The number of primary amides is 1. The second-order valence-electron chi connectivity index (χ2n) is 3.73. The maximum atomic E-state index is 11.7. The number of carbonyl (C=O) groups excluding carboxylic acids is 2. The lowest BCUT2D eigenvalue weighted by Gasteiger charge is -2.02. The van der Waals surface area contributed by atoms with E-state index in [9.17, 15) is 9.59 Å². The molecule has 0 aliphatic heterocycles. The van der Waals surface area contributed by atoms with Crippen LogP contribution in [0, 0.1) is 0 Å². The van der Waals surface area contributed by atoms with Crippen LogP contribution < -0.4 is 11.1 Å². The van der Waals surface area contributed by atoms with Gasteiger partial charge < -0.3 is 15.5 Å². The lowest BCUT2D eigenvalue weighted by molar-refractivity contribution is -0.111. The fourth-order valence-corrected chi connectivity index (χ4v) is 1.54. The Morgan fingerprint density at radius 3 is 2.95 bits per heavy atom. The highest BCUT2D eigenvalue weighted by Crippen LogP contribution is 2.13. The molecule has 19 heavy (non-hydrogen) atoms. The molecule has 0 fully saturated rings. The Balaban J connectivity index is 2.09. The van der Waals surface area contributed by atoms with Crippen LogP contribution >= 0.6 is 0 Å². The molecule has 0 spiro atoms. The summed E-state index contributed by atoms with van der Waals surface area (Å²) < 4.78 is 6.34. The molecule has 0 atom stereocenters. The molecule has 7 nitrogen and oxygen atoms in total. The van der Waals surface area contributed by atoms with Crippen LogP contribution in [0.15, 0.2) is 35.1 Å². The SMILES string of the molecule is Cn1ncc(NC(=O)/C=C/c2ccco2)c1C(N)=O. The Morgan fingerprint density at radius 2 is 2.32 bits per heavy atom. The molecule has 2 rings (SSSR count). The maximum absolute atomic E-state index is 11.7.